The van der Waals surface area contributed by atoms with Crippen LogP contribution in [-0.4, -0.2) is 35.0 Å². The summed E-state index contributed by atoms with van der Waals surface area (Å²) < 4.78 is 0. The summed E-state index contributed by atoms with van der Waals surface area (Å²) in [6, 6.07) is 7.11. The van der Waals surface area contributed by atoms with E-state index in [9.17, 15) is 9.59 Å². The van der Waals surface area contributed by atoms with E-state index in [1.54, 1.807) is 25.1 Å². The summed E-state index contributed by atoms with van der Waals surface area (Å²) in [6.07, 6.45) is 3.13. The summed E-state index contributed by atoms with van der Waals surface area (Å²) in [5.41, 5.74) is 0.866. The number of amides is 1. The molecule has 0 spiro atoms. The Morgan fingerprint density at radius 2 is 1.95 bits per heavy atom. The van der Waals surface area contributed by atoms with E-state index >= 15 is 0 Å². The average Bonchev–Trinajstić information content (AvgIpc) is 2.43. The summed E-state index contributed by atoms with van der Waals surface area (Å²) >= 11 is 5.78. The van der Waals surface area contributed by atoms with Crippen molar-refractivity contribution in [2.45, 2.75) is 13.8 Å². The Morgan fingerprint density at radius 3 is 2.45 bits per heavy atom. The van der Waals surface area contributed by atoms with Gasteiger partial charge >= 0.3 is 5.97 Å². The molecular weight excluding hydrogens is 278 g/mol. The average molecular weight is 296 g/mol. The lowest BCUT2D eigenvalue weighted by molar-refractivity contribution is -0.142. The van der Waals surface area contributed by atoms with Crippen LogP contribution in [0.1, 0.15) is 19.4 Å². The molecule has 0 fully saturated rings. The molecule has 1 aromatic carbocycles. The van der Waals surface area contributed by atoms with E-state index in [1.807, 2.05) is 19.1 Å². The van der Waals surface area contributed by atoms with Gasteiger partial charge in [-0.3, -0.25) is 9.59 Å². The zero-order valence-corrected chi connectivity index (χ0v) is 12.3. The molecule has 0 aliphatic heterocycles. The van der Waals surface area contributed by atoms with Crippen LogP contribution in [-0.2, 0) is 9.59 Å². The number of likely N-dealkylation sites (N-methyl/N-ethyl adjacent to an activating group) is 1. The molecule has 0 heterocycles. The van der Waals surface area contributed by atoms with Gasteiger partial charge in [0.2, 0.25) is 5.91 Å². The third-order valence-electron chi connectivity index (χ3n) is 2.90. The number of carboxylic acid groups (broad SMARTS) is 1. The van der Waals surface area contributed by atoms with Crippen LogP contribution >= 0.6 is 11.6 Å². The van der Waals surface area contributed by atoms with E-state index in [1.165, 1.54) is 11.0 Å². The van der Waals surface area contributed by atoms with Crippen molar-refractivity contribution in [1.29, 1.82) is 0 Å². The molecule has 1 N–H and O–H groups in total. The SMILES string of the molecule is CCN(CC(C)C(=O)O)C(=O)/C=C/c1ccc(Cl)cc1. The lowest BCUT2D eigenvalue weighted by Gasteiger charge is -2.21. The molecule has 0 aliphatic carbocycles. The normalized spacial score (nSPS) is 12.3. The number of carbonyl (C=O) groups excluding carboxylic acids is 1. The second-order valence-corrected chi connectivity index (χ2v) is 4.94. The van der Waals surface area contributed by atoms with Crippen molar-refractivity contribution in [3.63, 3.8) is 0 Å². The first-order valence-electron chi connectivity index (χ1n) is 6.39. The maximum Gasteiger partial charge on any atom is 0.308 e. The Morgan fingerprint density at radius 1 is 1.35 bits per heavy atom. The second kappa shape index (κ2) is 7.70. The lowest BCUT2D eigenvalue weighted by Crippen LogP contribution is -2.35. The highest BCUT2D eigenvalue weighted by Crippen LogP contribution is 2.11. The monoisotopic (exact) mass is 295 g/mol. The third kappa shape index (κ3) is 5.05. The van der Waals surface area contributed by atoms with Gasteiger partial charge in [0.05, 0.1) is 5.92 Å². The predicted octanol–water partition coefficient (Wildman–Crippen LogP) is 2.92. The Kier molecular flexibility index (Phi) is 6.25. The molecule has 4 nitrogen and oxygen atoms in total. The largest absolute Gasteiger partial charge is 0.481 e. The van der Waals surface area contributed by atoms with Crippen molar-refractivity contribution in [2.75, 3.05) is 13.1 Å². The number of nitrogens with zero attached hydrogens (tertiary/aromatic N) is 1. The van der Waals surface area contributed by atoms with Gasteiger partial charge in [-0.2, -0.15) is 0 Å². The van der Waals surface area contributed by atoms with Crippen LogP contribution in [0.5, 0.6) is 0 Å². The van der Waals surface area contributed by atoms with E-state index in [-0.39, 0.29) is 12.5 Å². The van der Waals surface area contributed by atoms with Crippen LogP contribution < -0.4 is 0 Å². The molecule has 1 amide bonds. The minimum absolute atomic E-state index is 0.199. The van der Waals surface area contributed by atoms with Gasteiger partial charge in [-0.1, -0.05) is 30.7 Å². The minimum Gasteiger partial charge on any atom is -0.481 e. The standard InChI is InChI=1S/C15H18ClNO3/c1-3-17(10-11(2)15(19)20)14(18)9-6-12-4-7-13(16)8-5-12/h4-9,11H,3,10H2,1-2H3,(H,19,20)/b9-6+. The Hall–Kier alpha value is -1.81. The number of carbonyl (C=O) groups is 2. The molecule has 0 saturated heterocycles. The first kappa shape index (κ1) is 16.2. The highest BCUT2D eigenvalue weighted by atomic mass is 35.5. The summed E-state index contributed by atoms with van der Waals surface area (Å²) in [6.45, 7) is 4.08. The Bertz CT molecular complexity index is 496. The molecule has 1 rings (SSSR count). The number of carboxylic acids is 1. The van der Waals surface area contributed by atoms with Crippen molar-refractivity contribution in [1.82, 2.24) is 4.90 Å². The van der Waals surface area contributed by atoms with Crippen LogP contribution in [0.3, 0.4) is 0 Å². The lowest BCUT2D eigenvalue weighted by atomic mass is 10.1. The van der Waals surface area contributed by atoms with Crippen LogP contribution in [0.2, 0.25) is 5.02 Å². The van der Waals surface area contributed by atoms with Crippen LogP contribution in [0, 0.1) is 5.92 Å². The van der Waals surface area contributed by atoms with Crippen LogP contribution in [0.4, 0.5) is 0 Å². The topological polar surface area (TPSA) is 57.6 Å². The zero-order chi connectivity index (χ0) is 15.1. The van der Waals surface area contributed by atoms with Crippen LogP contribution in [0.15, 0.2) is 30.3 Å². The highest BCUT2D eigenvalue weighted by molar-refractivity contribution is 6.30. The smallest absolute Gasteiger partial charge is 0.308 e. The van der Waals surface area contributed by atoms with E-state index in [4.69, 9.17) is 16.7 Å². The quantitative estimate of drug-likeness (QED) is 0.821. The molecule has 1 atom stereocenters. The molecule has 0 radical (unpaired) electrons. The number of benzene rings is 1. The van der Waals surface area contributed by atoms with Gasteiger partial charge in [0.15, 0.2) is 0 Å². The van der Waals surface area contributed by atoms with Gasteiger partial charge in [-0.25, -0.2) is 0 Å². The van der Waals surface area contributed by atoms with E-state index in [0.717, 1.165) is 5.56 Å². The summed E-state index contributed by atoms with van der Waals surface area (Å²) in [4.78, 5) is 24.3. The molecule has 0 aliphatic rings. The van der Waals surface area contributed by atoms with Gasteiger partial charge in [-0.05, 0) is 30.7 Å². The number of rotatable bonds is 6. The molecule has 1 unspecified atom stereocenters. The van der Waals surface area contributed by atoms with Crippen molar-refractivity contribution in [3.8, 4) is 0 Å². The maximum atomic E-state index is 12.0. The van der Waals surface area contributed by atoms with E-state index in [0.29, 0.717) is 11.6 Å². The van der Waals surface area contributed by atoms with Gasteiger partial charge in [-0.15, -0.1) is 0 Å². The second-order valence-electron chi connectivity index (χ2n) is 4.50. The summed E-state index contributed by atoms with van der Waals surface area (Å²) in [5, 5.41) is 9.51. The predicted molar refractivity (Wildman–Crippen MR) is 79.5 cm³/mol. The first-order valence-corrected chi connectivity index (χ1v) is 6.77. The Labute approximate surface area is 123 Å². The fourth-order valence-corrected chi connectivity index (χ4v) is 1.76. The van der Waals surface area contributed by atoms with Gasteiger partial charge < -0.3 is 10.0 Å². The van der Waals surface area contributed by atoms with E-state index in [2.05, 4.69) is 0 Å². The molecule has 5 heteroatoms. The van der Waals surface area contributed by atoms with Crippen molar-refractivity contribution >= 4 is 29.6 Å². The van der Waals surface area contributed by atoms with Gasteiger partial charge in [0.1, 0.15) is 0 Å². The van der Waals surface area contributed by atoms with Crippen LogP contribution in [0.25, 0.3) is 6.08 Å². The number of aliphatic carboxylic acids is 1. The molecule has 0 saturated carbocycles. The van der Waals surface area contributed by atoms with Crippen molar-refractivity contribution in [2.24, 2.45) is 5.92 Å². The van der Waals surface area contributed by atoms with Crippen molar-refractivity contribution < 1.29 is 14.7 Å². The molecule has 20 heavy (non-hydrogen) atoms. The summed E-state index contributed by atoms with van der Waals surface area (Å²) in [7, 11) is 0. The maximum absolute atomic E-state index is 12.0. The summed E-state index contributed by atoms with van der Waals surface area (Å²) in [5.74, 6) is -1.68. The molecule has 1 aromatic rings. The van der Waals surface area contributed by atoms with E-state index < -0.39 is 11.9 Å². The first-order chi connectivity index (χ1) is 9.43. The zero-order valence-electron chi connectivity index (χ0n) is 11.5. The Balaban J connectivity index is 2.67. The number of hydrogen-bond donors (Lipinski definition) is 1. The fourth-order valence-electron chi connectivity index (χ4n) is 1.63. The molecule has 0 aromatic heterocycles. The molecule has 0 bridgehead atoms. The number of halogens is 1. The van der Waals surface area contributed by atoms with Gasteiger partial charge in [0, 0.05) is 24.2 Å². The molecular formula is C15H18ClNO3. The van der Waals surface area contributed by atoms with Gasteiger partial charge in [0.25, 0.3) is 0 Å². The number of hydrogen-bond acceptors (Lipinski definition) is 2. The van der Waals surface area contributed by atoms with Crippen molar-refractivity contribution in [3.05, 3.63) is 40.9 Å². The highest BCUT2D eigenvalue weighted by Gasteiger charge is 2.17. The third-order valence-corrected chi connectivity index (χ3v) is 3.15. The minimum atomic E-state index is -0.905. The fraction of sp³-hybridized carbons (Fsp3) is 0.333. The molecule has 108 valence electrons.